The van der Waals surface area contributed by atoms with Gasteiger partial charge in [-0.1, -0.05) is 6.07 Å². The third kappa shape index (κ3) is 3.71. The van der Waals surface area contributed by atoms with E-state index in [2.05, 4.69) is 9.44 Å². The van der Waals surface area contributed by atoms with E-state index < -0.39 is 10.2 Å². The SMILES string of the molecule is Cc1ccc(N)cc1NS(=O)(=O)NC(C)C. The van der Waals surface area contributed by atoms with Crippen LogP contribution >= 0.6 is 0 Å². The summed E-state index contributed by atoms with van der Waals surface area (Å²) in [7, 11) is -3.53. The minimum Gasteiger partial charge on any atom is -0.399 e. The van der Waals surface area contributed by atoms with Gasteiger partial charge in [0.2, 0.25) is 0 Å². The van der Waals surface area contributed by atoms with E-state index in [9.17, 15) is 8.42 Å². The van der Waals surface area contributed by atoms with Crippen LogP contribution in [0.5, 0.6) is 0 Å². The second kappa shape index (κ2) is 4.71. The summed E-state index contributed by atoms with van der Waals surface area (Å²) in [6.07, 6.45) is 0. The maximum atomic E-state index is 11.6. The first-order valence-corrected chi connectivity index (χ1v) is 6.44. The standard InChI is InChI=1S/C10H17N3O2S/c1-7(2)12-16(14,15)13-10-6-9(11)5-4-8(10)3/h4-7,12-13H,11H2,1-3H3. The van der Waals surface area contributed by atoms with Gasteiger partial charge < -0.3 is 5.73 Å². The first kappa shape index (κ1) is 12.8. The van der Waals surface area contributed by atoms with Crippen LogP contribution in [-0.2, 0) is 10.2 Å². The Morgan fingerprint density at radius 3 is 2.50 bits per heavy atom. The van der Waals surface area contributed by atoms with Gasteiger partial charge in [0.25, 0.3) is 10.2 Å². The van der Waals surface area contributed by atoms with Gasteiger partial charge >= 0.3 is 0 Å². The van der Waals surface area contributed by atoms with Crippen molar-refractivity contribution in [3.05, 3.63) is 23.8 Å². The maximum Gasteiger partial charge on any atom is 0.299 e. The molecule has 16 heavy (non-hydrogen) atoms. The average molecular weight is 243 g/mol. The highest BCUT2D eigenvalue weighted by Crippen LogP contribution is 2.18. The third-order valence-electron chi connectivity index (χ3n) is 1.90. The van der Waals surface area contributed by atoms with Crippen LogP contribution in [-0.4, -0.2) is 14.5 Å². The monoisotopic (exact) mass is 243 g/mol. The van der Waals surface area contributed by atoms with Gasteiger partial charge in [-0.15, -0.1) is 0 Å². The summed E-state index contributed by atoms with van der Waals surface area (Å²) in [5.74, 6) is 0. The van der Waals surface area contributed by atoms with Crippen LogP contribution < -0.4 is 15.2 Å². The molecule has 1 rings (SSSR count). The quantitative estimate of drug-likeness (QED) is 0.695. The largest absolute Gasteiger partial charge is 0.399 e. The van der Waals surface area contributed by atoms with E-state index in [4.69, 9.17) is 5.73 Å². The van der Waals surface area contributed by atoms with E-state index >= 15 is 0 Å². The Balaban J connectivity index is 2.92. The smallest absolute Gasteiger partial charge is 0.299 e. The van der Waals surface area contributed by atoms with E-state index in [1.54, 1.807) is 32.0 Å². The van der Waals surface area contributed by atoms with Crippen LogP contribution in [0.15, 0.2) is 18.2 Å². The molecule has 0 radical (unpaired) electrons. The van der Waals surface area contributed by atoms with E-state index in [1.165, 1.54) is 0 Å². The first-order valence-electron chi connectivity index (χ1n) is 4.96. The molecule has 0 aliphatic rings. The number of benzene rings is 1. The van der Waals surface area contributed by atoms with Gasteiger partial charge in [-0.2, -0.15) is 13.1 Å². The zero-order chi connectivity index (χ0) is 12.3. The molecule has 0 fully saturated rings. The van der Waals surface area contributed by atoms with Crippen LogP contribution in [0.3, 0.4) is 0 Å². The highest BCUT2D eigenvalue weighted by molar-refractivity contribution is 7.90. The molecule has 0 aliphatic carbocycles. The van der Waals surface area contributed by atoms with Crippen molar-refractivity contribution in [2.45, 2.75) is 26.8 Å². The molecule has 0 aromatic heterocycles. The van der Waals surface area contributed by atoms with Gasteiger partial charge in [-0.25, -0.2) is 0 Å². The molecule has 4 N–H and O–H groups in total. The molecule has 0 saturated carbocycles. The van der Waals surface area contributed by atoms with Gasteiger partial charge in [0, 0.05) is 11.7 Å². The van der Waals surface area contributed by atoms with Crippen molar-refractivity contribution in [2.24, 2.45) is 0 Å². The molecular formula is C10H17N3O2S. The van der Waals surface area contributed by atoms with Gasteiger partial charge in [0.15, 0.2) is 0 Å². The summed E-state index contributed by atoms with van der Waals surface area (Å²) in [5.41, 5.74) is 7.43. The molecular weight excluding hydrogens is 226 g/mol. The number of hydrogen-bond donors (Lipinski definition) is 3. The molecule has 0 heterocycles. The minimum absolute atomic E-state index is 0.154. The average Bonchev–Trinajstić information content (AvgIpc) is 2.08. The molecule has 1 aromatic carbocycles. The molecule has 5 nitrogen and oxygen atoms in total. The molecule has 0 saturated heterocycles. The van der Waals surface area contributed by atoms with Gasteiger partial charge in [0.1, 0.15) is 0 Å². The van der Waals surface area contributed by atoms with Crippen molar-refractivity contribution in [3.63, 3.8) is 0 Å². The number of aryl methyl sites for hydroxylation is 1. The Hall–Kier alpha value is -1.27. The van der Waals surface area contributed by atoms with Crippen LogP contribution in [0.1, 0.15) is 19.4 Å². The molecule has 0 unspecified atom stereocenters. The predicted octanol–water partition coefficient (Wildman–Crippen LogP) is 1.23. The zero-order valence-corrected chi connectivity index (χ0v) is 10.4. The predicted molar refractivity (Wildman–Crippen MR) is 66.4 cm³/mol. The highest BCUT2D eigenvalue weighted by atomic mass is 32.2. The Morgan fingerprint density at radius 1 is 1.31 bits per heavy atom. The molecule has 0 amide bonds. The second-order valence-corrected chi connectivity index (χ2v) is 5.40. The highest BCUT2D eigenvalue weighted by Gasteiger charge is 2.12. The number of rotatable bonds is 4. The molecule has 1 aromatic rings. The van der Waals surface area contributed by atoms with Crippen LogP contribution in [0, 0.1) is 6.92 Å². The second-order valence-electron chi connectivity index (χ2n) is 3.95. The summed E-state index contributed by atoms with van der Waals surface area (Å²) in [5, 5.41) is 0. The van der Waals surface area contributed by atoms with Crippen molar-refractivity contribution in [2.75, 3.05) is 10.5 Å². The number of hydrogen-bond acceptors (Lipinski definition) is 3. The number of nitrogen functional groups attached to an aromatic ring is 1. The van der Waals surface area contributed by atoms with E-state index in [-0.39, 0.29) is 6.04 Å². The number of nitrogens with one attached hydrogen (secondary N) is 2. The topological polar surface area (TPSA) is 84.2 Å². The Bertz CT molecular complexity index is 469. The van der Waals surface area contributed by atoms with Crippen LogP contribution in [0.25, 0.3) is 0 Å². The summed E-state index contributed by atoms with van der Waals surface area (Å²) in [6, 6.07) is 4.93. The van der Waals surface area contributed by atoms with E-state index in [0.717, 1.165) is 5.56 Å². The maximum absolute atomic E-state index is 11.6. The third-order valence-corrected chi connectivity index (χ3v) is 3.17. The number of anilines is 2. The fourth-order valence-corrected chi connectivity index (χ4v) is 2.42. The first-order chi connectivity index (χ1) is 7.30. The Morgan fingerprint density at radius 2 is 1.94 bits per heavy atom. The van der Waals surface area contributed by atoms with Gasteiger partial charge in [-0.3, -0.25) is 4.72 Å². The molecule has 0 bridgehead atoms. The fourth-order valence-electron chi connectivity index (χ4n) is 1.23. The molecule has 0 atom stereocenters. The van der Waals surface area contributed by atoms with Crippen molar-refractivity contribution < 1.29 is 8.42 Å². The van der Waals surface area contributed by atoms with Crippen molar-refractivity contribution >= 4 is 21.6 Å². The molecule has 6 heteroatoms. The fraction of sp³-hybridized carbons (Fsp3) is 0.400. The summed E-state index contributed by atoms with van der Waals surface area (Å²) in [6.45, 7) is 5.32. The number of nitrogens with two attached hydrogens (primary N) is 1. The lowest BCUT2D eigenvalue weighted by molar-refractivity contribution is 0.575. The van der Waals surface area contributed by atoms with Gasteiger partial charge in [-0.05, 0) is 38.5 Å². The zero-order valence-electron chi connectivity index (χ0n) is 9.61. The van der Waals surface area contributed by atoms with Crippen molar-refractivity contribution in [1.29, 1.82) is 0 Å². The lowest BCUT2D eigenvalue weighted by atomic mass is 10.2. The lowest BCUT2D eigenvalue weighted by Gasteiger charge is -2.13. The Kier molecular flexibility index (Phi) is 3.77. The van der Waals surface area contributed by atoms with E-state index in [0.29, 0.717) is 11.4 Å². The minimum atomic E-state index is -3.53. The van der Waals surface area contributed by atoms with Gasteiger partial charge in [0.05, 0.1) is 5.69 Å². The summed E-state index contributed by atoms with van der Waals surface area (Å²) in [4.78, 5) is 0. The summed E-state index contributed by atoms with van der Waals surface area (Å²) >= 11 is 0. The van der Waals surface area contributed by atoms with Crippen LogP contribution in [0.2, 0.25) is 0 Å². The molecule has 0 spiro atoms. The van der Waals surface area contributed by atoms with Crippen molar-refractivity contribution in [1.82, 2.24) is 4.72 Å². The van der Waals surface area contributed by atoms with Crippen LogP contribution in [0.4, 0.5) is 11.4 Å². The lowest BCUT2D eigenvalue weighted by Crippen LogP contribution is -2.35. The molecule has 0 aliphatic heterocycles. The Labute approximate surface area is 96.2 Å². The summed E-state index contributed by atoms with van der Waals surface area (Å²) < 4.78 is 28.1. The molecule has 90 valence electrons. The normalized spacial score (nSPS) is 11.8. The van der Waals surface area contributed by atoms with Crippen molar-refractivity contribution in [3.8, 4) is 0 Å². The van der Waals surface area contributed by atoms with E-state index in [1.807, 2.05) is 6.92 Å².